The first kappa shape index (κ1) is 14.6. The van der Waals surface area contributed by atoms with Gasteiger partial charge in [-0.15, -0.1) is 0 Å². The average molecular weight is 339 g/mol. The molecule has 3 heteroatoms. The van der Waals surface area contributed by atoms with Gasteiger partial charge in [0.1, 0.15) is 0 Å². The lowest BCUT2D eigenvalue weighted by atomic mass is 9.91. The quantitative estimate of drug-likeness (QED) is 0.822. The molecule has 0 aromatic heterocycles. The highest BCUT2D eigenvalue weighted by atomic mass is 79.9. The van der Waals surface area contributed by atoms with E-state index >= 15 is 0 Å². The second-order valence-corrected chi connectivity index (χ2v) is 5.82. The fourth-order valence-electron chi connectivity index (χ4n) is 2.11. The number of hydrogen-bond donors (Lipinski definition) is 1. The summed E-state index contributed by atoms with van der Waals surface area (Å²) in [6.45, 7) is 4.03. The van der Waals surface area contributed by atoms with Crippen LogP contribution in [0.15, 0.2) is 53.0 Å². The van der Waals surface area contributed by atoms with Gasteiger partial charge in [-0.25, -0.2) is 0 Å². The second-order valence-electron chi connectivity index (χ2n) is 4.46. The molecule has 0 aliphatic rings. The summed E-state index contributed by atoms with van der Waals surface area (Å²) in [4.78, 5) is 0. The highest BCUT2D eigenvalue weighted by molar-refractivity contribution is 9.10. The van der Waals surface area contributed by atoms with Crippen LogP contribution in [-0.2, 0) is 0 Å². The molecule has 2 rings (SSSR count). The SMILES string of the molecule is CCNCC(c1ccc(Cl)cc1)c1ccc(Br)cc1. The Morgan fingerprint density at radius 1 is 1.00 bits per heavy atom. The minimum Gasteiger partial charge on any atom is -0.316 e. The summed E-state index contributed by atoms with van der Waals surface area (Å²) >= 11 is 9.45. The minimum absolute atomic E-state index is 0.352. The first-order chi connectivity index (χ1) is 9.20. The third-order valence-electron chi connectivity index (χ3n) is 3.14. The van der Waals surface area contributed by atoms with E-state index in [1.165, 1.54) is 11.1 Å². The normalized spacial score (nSPS) is 12.4. The van der Waals surface area contributed by atoms with Crippen molar-refractivity contribution in [3.63, 3.8) is 0 Å². The van der Waals surface area contributed by atoms with Crippen molar-refractivity contribution in [1.82, 2.24) is 5.32 Å². The Kier molecular flexibility index (Phi) is 5.44. The molecular weight excluding hydrogens is 322 g/mol. The number of rotatable bonds is 5. The summed E-state index contributed by atoms with van der Waals surface area (Å²) in [6.07, 6.45) is 0. The predicted octanol–water partition coefficient (Wildman–Crippen LogP) is 4.84. The zero-order chi connectivity index (χ0) is 13.7. The Morgan fingerprint density at radius 3 is 2.05 bits per heavy atom. The Bertz CT molecular complexity index is 462. The van der Waals surface area contributed by atoms with Crippen LogP contribution >= 0.6 is 27.5 Å². The molecule has 0 amide bonds. The van der Waals surface area contributed by atoms with E-state index in [9.17, 15) is 0 Å². The number of benzene rings is 2. The molecule has 1 atom stereocenters. The maximum atomic E-state index is 5.97. The zero-order valence-electron chi connectivity index (χ0n) is 10.9. The molecule has 0 aliphatic heterocycles. The fraction of sp³-hybridized carbons (Fsp3) is 0.250. The van der Waals surface area contributed by atoms with Crippen LogP contribution in [0.1, 0.15) is 24.0 Å². The van der Waals surface area contributed by atoms with Gasteiger partial charge in [-0.3, -0.25) is 0 Å². The van der Waals surface area contributed by atoms with Crippen LogP contribution in [-0.4, -0.2) is 13.1 Å². The van der Waals surface area contributed by atoms with Gasteiger partial charge in [-0.2, -0.15) is 0 Å². The molecule has 0 bridgehead atoms. The Hall–Kier alpha value is -0.830. The number of hydrogen-bond acceptors (Lipinski definition) is 1. The van der Waals surface area contributed by atoms with Gasteiger partial charge in [0.05, 0.1) is 0 Å². The van der Waals surface area contributed by atoms with Gasteiger partial charge in [0.15, 0.2) is 0 Å². The van der Waals surface area contributed by atoms with Crippen molar-refractivity contribution in [2.24, 2.45) is 0 Å². The van der Waals surface area contributed by atoms with Gasteiger partial charge in [0, 0.05) is 22.0 Å². The molecule has 0 aliphatic carbocycles. The van der Waals surface area contributed by atoms with Crippen LogP contribution in [0.2, 0.25) is 5.02 Å². The van der Waals surface area contributed by atoms with Crippen molar-refractivity contribution >= 4 is 27.5 Å². The first-order valence-corrected chi connectivity index (χ1v) is 7.59. The molecule has 2 aromatic rings. The zero-order valence-corrected chi connectivity index (χ0v) is 13.2. The van der Waals surface area contributed by atoms with E-state index in [1.54, 1.807) is 0 Å². The van der Waals surface area contributed by atoms with Crippen LogP contribution < -0.4 is 5.32 Å². The van der Waals surface area contributed by atoms with Gasteiger partial charge in [-0.1, -0.05) is 58.7 Å². The van der Waals surface area contributed by atoms with Crippen molar-refractivity contribution in [2.45, 2.75) is 12.8 Å². The highest BCUT2D eigenvalue weighted by Gasteiger charge is 2.13. The van der Waals surface area contributed by atoms with E-state index in [1.807, 2.05) is 12.1 Å². The maximum Gasteiger partial charge on any atom is 0.0406 e. The molecular formula is C16H17BrClN. The average Bonchev–Trinajstić information content (AvgIpc) is 2.43. The van der Waals surface area contributed by atoms with Crippen LogP contribution in [0.5, 0.6) is 0 Å². The monoisotopic (exact) mass is 337 g/mol. The molecule has 0 heterocycles. The van der Waals surface area contributed by atoms with Crippen molar-refractivity contribution in [3.8, 4) is 0 Å². The number of halogens is 2. The molecule has 1 nitrogen and oxygen atoms in total. The van der Waals surface area contributed by atoms with Gasteiger partial charge in [-0.05, 0) is 41.9 Å². The topological polar surface area (TPSA) is 12.0 Å². The third-order valence-corrected chi connectivity index (χ3v) is 3.92. The molecule has 0 saturated carbocycles. The maximum absolute atomic E-state index is 5.97. The summed E-state index contributed by atoms with van der Waals surface area (Å²) in [5.41, 5.74) is 2.60. The lowest BCUT2D eigenvalue weighted by Crippen LogP contribution is -2.21. The molecule has 0 spiro atoms. The standard InChI is InChI=1S/C16H17BrClN/c1-2-19-11-16(12-3-7-14(17)8-4-12)13-5-9-15(18)10-6-13/h3-10,16,19H,2,11H2,1H3. The fourth-order valence-corrected chi connectivity index (χ4v) is 2.50. The second kappa shape index (κ2) is 7.09. The minimum atomic E-state index is 0.352. The third kappa shape index (κ3) is 4.07. The summed E-state index contributed by atoms with van der Waals surface area (Å²) < 4.78 is 1.11. The number of nitrogens with one attached hydrogen (secondary N) is 1. The van der Waals surface area contributed by atoms with Crippen LogP contribution in [0.4, 0.5) is 0 Å². The molecule has 1 unspecified atom stereocenters. The van der Waals surface area contributed by atoms with Gasteiger partial charge in [0.25, 0.3) is 0 Å². The Balaban J connectivity index is 2.29. The van der Waals surface area contributed by atoms with Crippen LogP contribution in [0.3, 0.4) is 0 Å². The lowest BCUT2D eigenvalue weighted by Gasteiger charge is -2.18. The smallest absolute Gasteiger partial charge is 0.0406 e. The molecule has 19 heavy (non-hydrogen) atoms. The lowest BCUT2D eigenvalue weighted by molar-refractivity contribution is 0.658. The highest BCUT2D eigenvalue weighted by Crippen LogP contribution is 2.26. The largest absolute Gasteiger partial charge is 0.316 e. The first-order valence-electron chi connectivity index (χ1n) is 6.42. The Labute approximate surface area is 128 Å². The van der Waals surface area contributed by atoms with E-state index in [0.717, 1.165) is 22.6 Å². The van der Waals surface area contributed by atoms with E-state index in [2.05, 4.69) is 64.6 Å². The molecule has 100 valence electrons. The molecule has 0 saturated heterocycles. The van der Waals surface area contributed by atoms with Crippen molar-refractivity contribution in [3.05, 3.63) is 69.2 Å². The summed E-state index contributed by atoms with van der Waals surface area (Å²) in [6, 6.07) is 16.6. The summed E-state index contributed by atoms with van der Waals surface area (Å²) in [5, 5.41) is 4.21. The van der Waals surface area contributed by atoms with Crippen LogP contribution in [0, 0.1) is 0 Å². The summed E-state index contributed by atoms with van der Waals surface area (Å²) in [7, 11) is 0. The van der Waals surface area contributed by atoms with Gasteiger partial charge in [0.2, 0.25) is 0 Å². The molecule has 0 radical (unpaired) electrons. The van der Waals surface area contributed by atoms with Crippen molar-refractivity contribution in [1.29, 1.82) is 0 Å². The van der Waals surface area contributed by atoms with E-state index in [4.69, 9.17) is 11.6 Å². The molecule has 1 N–H and O–H groups in total. The van der Waals surface area contributed by atoms with Crippen molar-refractivity contribution < 1.29 is 0 Å². The van der Waals surface area contributed by atoms with E-state index in [0.29, 0.717) is 5.92 Å². The molecule has 0 fully saturated rings. The molecule has 2 aromatic carbocycles. The number of likely N-dealkylation sites (N-methyl/N-ethyl adjacent to an activating group) is 1. The van der Waals surface area contributed by atoms with E-state index < -0.39 is 0 Å². The van der Waals surface area contributed by atoms with Crippen LogP contribution in [0.25, 0.3) is 0 Å². The Morgan fingerprint density at radius 2 is 1.53 bits per heavy atom. The van der Waals surface area contributed by atoms with Gasteiger partial charge >= 0.3 is 0 Å². The predicted molar refractivity (Wildman–Crippen MR) is 86.0 cm³/mol. The van der Waals surface area contributed by atoms with Gasteiger partial charge < -0.3 is 5.32 Å². The summed E-state index contributed by atoms with van der Waals surface area (Å²) in [5.74, 6) is 0.352. The van der Waals surface area contributed by atoms with Crippen molar-refractivity contribution in [2.75, 3.05) is 13.1 Å². The van der Waals surface area contributed by atoms with E-state index in [-0.39, 0.29) is 0 Å².